The van der Waals surface area contributed by atoms with Crippen LogP contribution in [0.1, 0.15) is 24.7 Å². The molecule has 3 nitrogen and oxygen atoms in total. The molecule has 0 atom stereocenters. The van der Waals surface area contributed by atoms with Gasteiger partial charge < -0.3 is 14.5 Å². The highest BCUT2D eigenvalue weighted by molar-refractivity contribution is 9.10. The molecule has 2 aromatic rings. The van der Waals surface area contributed by atoms with E-state index in [1.807, 2.05) is 0 Å². The van der Waals surface area contributed by atoms with Gasteiger partial charge >= 0.3 is 0 Å². The molecule has 6 heteroatoms. The van der Waals surface area contributed by atoms with Crippen LogP contribution in [0, 0.1) is 0 Å². The maximum atomic E-state index is 6.37. The molecule has 0 aliphatic carbocycles. The predicted molar refractivity (Wildman–Crippen MR) is 86.6 cm³/mol. The molecular weight excluding hydrogens is 365 g/mol. The maximum Gasteiger partial charge on any atom is 0.154 e. The second-order valence-electron chi connectivity index (χ2n) is 4.47. The van der Waals surface area contributed by atoms with Gasteiger partial charge in [-0.25, -0.2) is 0 Å². The molecule has 1 aromatic carbocycles. The molecule has 0 aliphatic rings. The average molecular weight is 381 g/mol. The van der Waals surface area contributed by atoms with Crippen molar-refractivity contribution in [2.45, 2.75) is 26.5 Å². The van der Waals surface area contributed by atoms with Crippen molar-refractivity contribution < 1.29 is 9.15 Å². The molecule has 1 heterocycles. The largest absolute Gasteiger partial charge is 0.458 e. The molecular formula is C14H16BrCl2NO2. The molecule has 2 rings (SSSR count). The van der Waals surface area contributed by atoms with E-state index >= 15 is 0 Å². The van der Waals surface area contributed by atoms with E-state index in [2.05, 4.69) is 28.2 Å². The van der Waals surface area contributed by atoms with E-state index < -0.39 is 0 Å². The van der Waals surface area contributed by atoms with E-state index in [1.54, 1.807) is 13.2 Å². The molecule has 0 aliphatic heterocycles. The van der Waals surface area contributed by atoms with Crippen LogP contribution in [0.4, 0.5) is 0 Å². The normalized spacial score (nSPS) is 11.4. The highest BCUT2D eigenvalue weighted by Gasteiger charge is 2.20. The van der Waals surface area contributed by atoms with Gasteiger partial charge in [0.2, 0.25) is 0 Å². The summed E-state index contributed by atoms with van der Waals surface area (Å²) in [7, 11) is 1.65. The number of fused-ring (bicyclic) bond motifs is 1. The topological polar surface area (TPSA) is 34.4 Å². The van der Waals surface area contributed by atoms with E-state index in [0.29, 0.717) is 28.8 Å². The fourth-order valence-electron chi connectivity index (χ4n) is 2.09. The van der Waals surface area contributed by atoms with Crippen molar-refractivity contribution in [3.05, 3.63) is 31.9 Å². The molecule has 0 spiro atoms. The molecule has 20 heavy (non-hydrogen) atoms. The Morgan fingerprint density at radius 1 is 1.40 bits per heavy atom. The number of rotatable bonds is 6. The van der Waals surface area contributed by atoms with E-state index in [0.717, 1.165) is 34.1 Å². The SMILES string of the molecule is CCCNCc1oc2c(Cl)cc(Br)c(Cl)c2c1COC. The van der Waals surface area contributed by atoms with Crippen LogP contribution in [0.25, 0.3) is 11.0 Å². The molecule has 0 amide bonds. The lowest BCUT2D eigenvalue weighted by Gasteiger charge is -2.04. The van der Waals surface area contributed by atoms with Gasteiger partial charge in [-0.2, -0.15) is 0 Å². The number of hydrogen-bond donors (Lipinski definition) is 1. The Bertz CT molecular complexity index is 613. The summed E-state index contributed by atoms with van der Waals surface area (Å²) in [5.41, 5.74) is 1.56. The first kappa shape index (κ1) is 16.1. The zero-order valence-corrected chi connectivity index (χ0v) is 14.5. The van der Waals surface area contributed by atoms with Crippen LogP contribution in [-0.4, -0.2) is 13.7 Å². The fourth-order valence-corrected chi connectivity index (χ4v) is 3.15. The zero-order chi connectivity index (χ0) is 14.7. The average Bonchev–Trinajstić information content (AvgIpc) is 2.77. The Balaban J connectivity index is 2.54. The number of hydrogen-bond acceptors (Lipinski definition) is 3. The summed E-state index contributed by atoms with van der Waals surface area (Å²) >= 11 is 16.0. The van der Waals surface area contributed by atoms with E-state index in [1.165, 1.54) is 0 Å². The maximum absolute atomic E-state index is 6.37. The minimum atomic E-state index is 0.433. The minimum Gasteiger partial charge on any atom is -0.458 e. The number of methoxy groups -OCH3 is 1. The first-order valence-corrected chi connectivity index (χ1v) is 7.92. The van der Waals surface area contributed by atoms with Crippen molar-refractivity contribution in [1.82, 2.24) is 5.32 Å². The van der Waals surface area contributed by atoms with Crippen LogP contribution in [0.15, 0.2) is 15.0 Å². The number of halogens is 3. The van der Waals surface area contributed by atoms with Gasteiger partial charge in [0.25, 0.3) is 0 Å². The number of ether oxygens (including phenoxy) is 1. The third-order valence-electron chi connectivity index (χ3n) is 2.99. The molecule has 1 aromatic heterocycles. The van der Waals surface area contributed by atoms with Crippen molar-refractivity contribution >= 4 is 50.1 Å². The Morgan fingerprint density at radius 2 is 2.15 bits per heavy atom. The monoisotopic (exact) mass is 379 g/mol. The van der Waals surface area contributed by atoms with E-state index in [4.69, 9.17) is 32.4 Å². The van der Waals surface area contributed by atoms with Crippen LogP contribution in [0.3, 0.4) is 0 Å². The summed E-state index contributed by atoms with van der Waals surface area (Å²) in [6.07, 6.45) is 1.06. The smallest absolute Gasteiger partial charge is 0.154 e. The molecule has 0 saturated carbocycles. The second-order valence-corrected chi connectivity index (χ2v) is 6.11. The molecule has 0 unspecified atom stereocenters. The zero-order valence-electron chi connectivity index (χ0n) is 11.4. The van der Waals surface area contributed by atoms with Gasteiger partial charge in [0, 0.05) is 22.5 Å². The van der Waals surface area contributed by atoms with Crippen molar-refractivity contribution in [3.63, 3.8) is 0 Å². The van der Waals surface area contributed by atoms with Crippen LogP contribution < -0.4 is 5.32 Å². The Kier molecular flexibility index (Phi) is 5.75. The van der Waals surface area contributed by atoms with Gasteiger partial charge in [0.15, 0.2) is 5.58 Å². The van der Waals surface area contributed by atoms with Crippen LogP contribution in [0.5, 0.6) is 0 Å². The van der Waals surface area contributed by atoms with Gasteiger partial charge in [-0.3, -0.25) is 0 Å². The lowest BCUT2D eigenvalue weighted by molar-refractivity contribution is 0.183. The number of furan rings is 1. The summed E-state index contributed by atoms with van der Waals surface area (Å²) in [6, 6.07) is 1.75. The van der Waals surface area contributed by atoms with Gasteiger partial charge in [-0.05, 0) is 35.0 Å². The molecule has 0 bridgehead atoms. The third kappa shape index (κ3) is 3.15. The van der Waals surface area contributed by atoms with Gasteiger partial charge in [0.1, 0.15) is 5.76 Å². The summed E-state index contributed by atoms with van der Waals surface area (Å²) < 4.78 is 11.9. The van der Waals surface area contributed by atoms with E-state index in [-0.39, 0.29) is 0 Å². The number of benzene rings is 1. The van der Waals surface area contributed by atoms with Crippen molar-refractivity contribution in [3.8, 4) is 0 Å². The van der Waals surface area contributed by atoms with Crippen LogP contribution in [-0.2, 0) is 17.9 Å². The first-order chi connectivity index (χ1) is 9.60. The molecule has 110 valence electrons. The first-order valence-electron chi connectivity index (χ1n) is 6.37. The standard InChI is InChI=1S/C14H16BrCl2NO2/c1-3-4-18-6-11-8(7-19-2)12-13(17)9(15)5-10(16)14(12)20-11/h5,18H,3-4,6-7H2,1-2H3. The van der Waals surface area contributed by atoms with Gasteiger partial charge in [-0.15, -0.1) is 0 Å². The summed E-state index contributed by atoms with van der Waals surface area (Å²) in [4.78, 5) is 0. The molecule has 0 radical (unpaired) electrons. The van der Waals surface area contributed by atoms with Crippen LogP contribution in [0.2, 0.25) is 10.0 Å². The number of nitrogens with one attached hydrogen (secondary N) is 1. The Morgan fingerprint density at radius 3 is 2.80 bits per heavy atom. The van der Waals surface area contributed by atoms with Gasteiger partial charge in [0.05, 0.1) is 23.2 Å². The lowest BCUT2D eigenvalue weighted by Crippen LogP contribution is -2.14. The Labute approximate surface area is 136 Å². The molecule has 0 saturated heterocycles. The quantitative estimate of drug-likeness (QED) is 0.555. The Hall–Kier alpha value is -0.260. The molecule has 0 fully saturated rings. The minimum absolute atomic E-state index is 0.433. The van der Waals surface area contributed by atoms with Crippen LogP contribution >= 0.6 is 39.1 Å². The van der Waals surface area contributed by atoms with Crippen molar-refractivity contribution in [2.75, 3.05) is 13.7 Å². The van der Waals surface area contributed by atoms with Gasteiger partial charge in [-0.1, -0.05) is 30.1 Å². The molecule has 1 N–H and O–H groups in total. The predicted octanol–water partition coefficient (Wildman–Crippen LogP) is 5.15. The fraction of sp³-hybridized carbons (Fsp3) is 0.429. The van der Waals surface area contributed by atoms with Crippen molar-refractivity contribution in [1.29, 1.82) is 0 Å². The van der Waals surface area contributed by atoms with Crippen molar-refractivity contribution in [2.24, 2.45) is 0 Å². The highest BCUT2D eigenvalue weighted by atomic mass is 79.9. The summed E-state index contributed by atoms with van der Waals surface area (Å²) in [5.74, 6) is 0.817. The highest BCUT2D eigenvalue weighted by Crippen LogP contribution is 2.41. The second kappa shape index (κ2) is 7.14. The third-order valence-corrected chi connectivity index (χ3v) is 4.52. The lowest BCUT2D eigenvalue weighted by atomic mass is 10.1. The van der Waals surface area contributed by atoms with E-state index in [9.17, 15) is 0 Å². The summed E-state index contributed by atoms with van der Waals surface area (Å²) in [5, 5.41) is 5.27. The summed E-state index contributed by atoms with van der Waals surface area (Å²) in [6.45, 7) is 4.11.